The summed E-state index contributed by atoms with van der Waals surface area (Å²) in [7, 11) is 0. The van der Waals surface area contributed by atoms with Gasteiger partial charge in [0.2, 0.25) is 5.91 Å². The number of nitrogens with zero attached hydrogens (tertiary/aromatic N) is 2. The molecule has 7 heteroatoms. The molecule has 5 nitrogen and oxygen atoms in total. The zero-order chi connectivity index (χ0) is 23.4. The number of thioether (sulfide) groups is 1. The van der Waals surface area contributed by atoms with Crippen molar-refractivity contribution in [3.8, 4) is 5.69 Å². The third-order valence-electron chi connectivity index (χ3n) is 5.54. The number of hydrogen-bond acceptors (Lipinski definition) is 4. The molecule has 0 radical (unpaired) electrons. The smallest absolute Gasteiger partial charge is 0.266 e. The molecule has 1 heterocycles. The highest BCUT2D eigenvalue weighted by atomic mass is 32.2. The number of para-hydroxylation sites is 1. The normalized spacial score (nSPS) is 12.0. The van der Waals surface area contributed by atoms with Crippen LogP contribution in [0.15, 0.2) is 82.7 Å². The molecule has 0 aliphatic carbocycles. The number of rotatable bonds is 7. The number of hydrogen-bond donors (Lipinski definition) is 1. The summed E-state index contributed by atoms with van der Waals surface area (Å²) in [6.45, 7) is 4.31. The van der Waals surface area contributed by atoms with Gasteiger partial charge in [0.25, 0.3) is 5.56 Å². The fourth-order valence-corrected chi connectivity index (χ4v) is 4.30. The standard InChI is InChI=1S/C26H24FN3O2S/c1-3-17(2)18-8-12-20(13-9-18)28-24(31)16-33-26-29-23-7-5-4-6-22(23)25(32)30(26)21-14-10-19(27)11-15-21/h4-15,17H,3,16H2,1-2H3,(H,28,31). The van der Waals surface area contributed by atoms with Crippen LogP contribution in [-0.2, 0) is 4.79 Å². The fraction of sp³-hybridized carbons (Fsp3) is 0.192. The van der Waals surface area contributed by atoms with Crippen molar-refractivity contribution in [3.63, 3.8) is 0 Å². The number of anilines is 1. The van der Waals surface area contributed by atoms with Crippen LogP contribution in [0, 0.1) is 5.82 Å². The zero-order valence-electron chi connectivity index (χ0n) is 18.4. The predicted octanol–water partition coefficient (Wildman–Crippen LogP) is 5.77. The molecule has 3 aromatic carbocycles. The van der Waals surface area contributed by atoms with Gasteiger partial charge in [0.15, 0.2) is 5.16 Å². The first-order valence-corrected chi connectivity index (χ1v) is 11.7. The Morgan fingerprint density at radius 3 is 2.45 bits per heavy atom. The first-order valence-electron chi connectivity index (χ1n) is 10.8. The van der Waals surface area contributed by atoms with Crippen LogP contribution in [0.1, 0.15) is 31.7 Å². The number of nitrogens with one attached hydrogen (secondary N) is 1. The summed E-state index contributed by atoms with van der Waals surface area (Å²) in [5.74, 6) is -0.0654. The Bertz CT molecular complexity index is 1330. The maximum Gasteiger partial charge on any atom is 0.266 e. The number of fused-ring (bicyclic) bond motifs is 1. The van der Waals surface area contributed by atoms with Gasteiger partial charge in [-0.25, -0.2) is 9.37 Å². The molecule has 0 aliphatic heterocycles. The van der Waals surface area contributed by atoms with Crippen molar-refractivity contribution in [2.75, 3.05) is 11.1 Å². The van der Waals surface area contributed by atoms with E-state index in [1.807, 2.05) is 24.3 Å². The van der Waals surface area contributed by atoms with Gasteiger partial charge in [0, 0.05) is 5.69 Å². The number of carbonyl (C=O) groups excluding carboxylic acids is 1. The summed E-state index contributed by atoms with van der Waals surface area (Å²) in [5, 5.41) is 3.71. The minimum atomic E-state index is -0.395. The second-order valence-corrected chi connectivity index (χ2v) is 8.74. The highest BCUT2D eigenvalue weighted by molar-refractivity contribution is 7.99. The number of halogens is 1. The number of benzene rings is 3. The topological polar surface area (TPSA) is 64.0 Å². The Hall–Kier alpha value is -3.45. The molecule has 4 rings (SSSR count). The minimum absolute atomic E-state index is 0.0685. The van der Waals surface area contributed by atoms with Gasteiger partial charge in [0.05, 0.1) is 22.3 Å². The van der Waals surface area contributed by atoms with E-state index in [4.69, 9.17) is 0 Å². The lowest BCUT2D eigenvalue weighted by molar-refractivity contribution is -0.113. The predicted molar refractivity (Wildman–Crippen MR) is 132 cm³/mol. The molecule has 1 aromatic heterocycles. The molecule has 0 fully saturated rings. The third kappa shape index (κ3) is 5.14. The maximum atomic E-state index is 13.4. The number of amides is 1. The SMILES string of the molecule is CCC(C)c1ccc(NC(=O)CSc2nc3ccccc3c(=O)n2-c2ccc(F)cc2)cc1. The van der Waals surface area contributed by atoms with Crippen molar-refractivity contribution in [2.45, 2.75) is 31.3 Å². The van der Waals surface area contributed by atoms with E-state index in [0.29, 0.717) is 27.7 Å². The average Bonchev–Trinajstić information content (AvgIpc) is 2.83. The van der Waals surface area contributed by atoms with Crippen molar-refractivity contribution in [1.82, 2.24) is 9.55 Å². The Morgan fingerprint density at radius 2 is 1.76 bits per heavy atom. The molecule has 33 heavy (non-hydrogen) atoms. The van der Waals surface area contributed by atoms with E-state index in [2.05, 4.69) is 24.1 Å². The van der Waals surface area contributed by atoms with Gasteiger partial charge < -0.3 is 5.32 Å². The second-order valence-electron chi connectivity index (χ2n) is 7.80. The van der Waals surface area contributed by atoms with Gasteiger partial charge in [0.1, 0.15) is 5.82 Å². The van der Waals surface area contributed by atoms with Crippen LogP contribution in [0.5, 0.6) is 0 Å². The molecule has 0 aliphatic rings. The molecule has 1 atom stereocenters. The molecular formula is C26H24FN3O2S. The average molecular weight is 462 g/mol. The maximum absolute atomic E-state index is 13.4. The zero-order valence-corrected chi connectivity index (χ0v) is 19.2. The van der Waals surface area contributed by atoms with Gasteiger partial charge >= 0.3 is 0 Å². The van der Waals surface area contributed by atoms with Crippen LogP contribution >= 0.6 is 11.8 Å². The monoisotopic (exact) mass is 461 g/mol. The van der Waals surface area contributed by atoms with E-state index in [-0.39, 0.29) is 17.2 Å². The first-order chi connectivity index (χ1) is 16.0. The van der Waals surface area contributed by atoms with E-state index in [1.165, 1.54) is 34.4 Å². The summed E-state index contributed by atoms with van der Waals surface area (Å²) in [6.07, 6.45) is 1.05. The van der Waals surface area contributed by atoms with Crippen LogP contribution in [0.3, 0.4) is 0 Å². The van der Waals surface area contributed by atoms with Crippen LogP contribution in [0.4, 0.5) is 10.1 Å². The van der Waals surface area contributed by atoms with Crippen LogP contribution in [-0.4, -0.2) is 21.2 Å². The van der Waals surface area contributed by atoms with Crippen molar-refractivity contribution in [1.29, 1.82) is 0 Å². The van der Waals surface area contributed by atoms with Gasteiger partial charge in [-0.3, -0.25) is 14.2 Å². The van der Waals surface area contributed by atoms with Crippen LogP contribution < -0.4 is 10.9 Å². The van der Waals surface area contributed by atoms with E-state index >= 15 is 0 Å². The summed E-state index contributed by atoms with van der Waals surface area (Å²) in [5.41, 5.74) is 2.71. The van der Waals surface area contributed by atoms with E-state index < -0.39 is 5.82 Å². The molecule has 1 N–H and O–H groups in total. The fourth-order valence-electron chi connectivity index (χ4n) is 3.48. The van der Waals surface area contributed by atoms with Gasteiger partial charge in [-0.2, -0.15) is 0 Å². The molecule has 0 saturated heterocycles. The number of carbonyl (C=O) groups is 1. The lowest BCUT2D eigenvalue weighted by atomic mass is 9.99. The summed E-state index contributed by atoms with van der Waals surface area (Å²) >= 11 is 1.16. The molecule has 1 amide bonds. The first kappa shape index (κ1) is 22.7. The number of aromatic nitrogens is 2. The molecule has 4 aromatic rings. The molecule has 0 saturated carbocycles. The molecule has 168 valence electrons. The minimum Gasteiger partial charge on any atom is -0.325 e. The highest BCUT2D eigenvalue weighted by Gasteiger charge is 2.15. The van der Waals surface area contributed by atoms with Crippen molar-refractivity contribution in [2.24, 2.45) is 0 Å². The van der Waals surface area contributed by atoms with Crippen molar-refractivity contribution in [3.05, 3.63) is 94.5 Å². The lowest BCUT2D eigenvalue weighted by Crippen LogP contribution is -2.23. The lowest BCUT2D eigenvalue weighted by Gasteiger charge is -2.13. The molecule has 1 unspecified atom stereocenters. The second kappa shape index (κ2) is 10.0. The largest absolute Gasteiger partial charge is 0.325 e. The Labute approximate surface area is 195 Å². The Balaban J connectivity index is 1.57. The van der Waals surface area contributed by atoms with E-state index in [9.17, 15) is 14.0 Å². The summed E-state index contributed by atoms with van der Waals surface area (Å²) < 4.78 is 14.9. The summed E-state index contributed by atoms with van der Waals surface area (Å²) in [4.78, 5) is 30.4. The molecule has 0 spiro atoms. The van der Waals surface area contributed by atoms with Crippen molar-refractivity contribution >= 4 is 34.3 Å². The molecule has 0 bridgehead atoms. The van der Waals surface area contributed by atoms with Crippen LogP contribution in [0.25, 0.3) is 16.6 Å². The quantitative estimate of drug-likeness (QED) is 0.280. The highest BCUT2D eigenvalue weighted by Crippen LogP contribution is 2.23. The van der Waals surface area contributed by atoms with Gasteiger partial charge in [-0.05, 0) is 66.4 Å². The van der Waals surface area contributed by atoms with Gasteiger partial charge in [-0.15, -0.1) is 0 Å². The Morgan fingerprint density at radius 1 is 1.06 bits per heavy atom. The van der Waals surface area contributed by atoms with Gasteiger partial charge in [-0.1, -0.05) is 49.9 Å². The third-order valence-corrected chi connectivity index (χ3v) is 6.48. The van der Waals surface area contributed by atoms with E-state index in [1.54, 1.807) is 24.3 Å². The summed E-state index contributed by atoms with van der Waals surface area (Å²) in [6, 6.07) is 20.5. The van der Waals surface area contributed by atoms with Crippen molar-refractivity contribution < 1.29 is 9.18 Å². The molecular weight excluding hydrogens is 437 g/mol. The van der Waals surface area contributed by atoms with Crippen LogP contribution in [0.2, 0.25) is 0 Å². The Kier molecular flexibility index (Phi) is 6.89. The van der Waals surface area contributed by atoms with E-state index in [0.717, 1.165) is 23.9 Å².